The minimum absolute atomic E-state index is 0.0125. The molecule has 0 radical (unpaired) electrons. The Morgan fingerprint density at radius 2 is 1.40 bits per heavy atom. The molecule has 0 amide bonds. The lowest BCUT2D eigenvalue weighted by atomic mass is 9.87. The molecule has 1 saturated heterocycles. The first-order valence-electron chi connectivity index (χ1n) is 9.19. The fraction of sp³-hybridized carbons (Fsp3) is 0.579. The van der Waals surface area contributed by atoms with Crippen molar-refractivity contribution >= 4 is 11.9 Å². The van der Waals surface area contributed by atoms with Crippen LogP contribution in [-0.2, 0) is 14.9 Å². The van der Waals surface area contributed by atoms with Crippen molar-refractivity contribution in [3.8, 4) is 0 Å². The van der Waals surface area contributed by atoms with Crippen molar-refractivity contribution in [1.82, 2.24) is 4.90 Å². The van der Waals surface area contributed by atoms with Crippen molar-refractivity contribution in [1.29, 1.82) is 0 Å². The first kappa shape index (κ1) is 22.4. The minimum Gasteiger partial charge on any atom is -0.406 e. The number of nitrogens with zero attached hydrogens (tertiary/aromatic N) is 3. The van der Waals surface area contributed by atoms with Crippen molar-refractivity contribution in [2.45, 2.75) is 44.2 Å². The number of hydrogen-bond donors (Lipinski definition) is 0. The highest BCUT2D eigenvalue weighted by Crippen LogP contribution is 2.49. The Morgan fingerprint density at radius 1 is 0.867 bits per heavy atom. The Morgan fingerprint density at radius 3 is 1.87 bits per heavy atom. The van der Waals surface area contributed by atoms with Crippen LogP contribution >= 0.6 is 0 Å². The van der Waals surface area contributed by atoms with E-state index in [2.05, 4.69) is 9.98 Å². The normalized spacial score (nSPS) is 20.4. The van der Waals surface area contributed by atoms with E-state index in [1.165, 1.54) is 17.0 Å². The van der Waals surface area contributed by atoms with E-state index in [9.17, 15) is 26.3 Å². The summed E-state index contributed by atoms with van der Waals surface area (Å²) < 4.78 is 92.7. The number of alkyl halides is 6. The molecule has 1 fully saturated rings. The summed E-state index contributed by atoms with van der Waals surface area (Å²) in [5.41, 5.74) is -4.07. The molecule has 5 nitrogen and oxygen atoms in total. The van der Waals surface area contributed by atoms with Crippen molar-refractivity contribution in [2.24, 2.45) is 9.98 Å². The molecule has 11 heteroatoms. The Kier molecular flexibility index (Phi) is 5.55. The number of halogens is 6. The lowest BCUT2D eigenvalue weighted by Crippen LogP contribution is -2.58. The lowest BCUT2D eigenvalue weighted by molar-refractivity contribution is -0.293. The third-order valence-electron chi connectivity index (χ3n) is 4.78. The molecule has 2 aliphatic rings. The number of hydrogen-bond acceptors (Lipinski definition) is 5. The van der Waals surface area contributed by atoms with Crippen LogP contribution in [-0.4, -0.2) is 61.1 Å². The second-order valence-corrected chi connectivity index (χ2v) is 8.01. The van der Waals surface area contributed by atoms with Gasteiger partial charge in [0.15, 0.2) is 0 Å². The van der Waals surface area contributed by atoms with Gasteiger partial charge in [-0.2, -0.15) is 31.3 Å². The Labute approximate surface area is 169 Å². The van der Waals surface area contributed by atoms with Gasteiger partial charge in [0, 0.05) is 18.7 Å². The van der Waals surface area contributed by atoms with E-state index in [0.717, 1.165) is 5.56 Å². The average Bonchev–Trinajstić information content (AvgIpc) is 2.66. The summed E-state index contributed by atoms with van der Waals surface area (Å²) in [4.78, 5) is 7.09. The maximum Gasteiger partial charge on any atom is 0.443 e. The zero-order valence-electron chi connectivity index (χ0n) is 16.6. The SMILES string of the molecule is CC(C)(C)c1ccc(C2=NC(C(F)(F)F)(C(F)(F)F)N=C(N3CCOCC3)O2)cc1. The number of amidine groups is 1. The summed E-state index contributed by atoms with van der Waals surface area (Å²) >= 11 is 0. The van der Waals surface area contributed by atoms with Crippen LogP contribution in [0.4, 0.5) is 26.3 Å². The summed E-state index contributed by atoms with van der Waals surface area (Å²) in [7, 11) is 0. The zero-order chi connectivity index (χ0) is 22.4. The lowest BCUT2D eigenvalue weighted by Gasteiger charge is -2.37. The monoisotopic (exact) mass is 437 g/mol. The van der Waals surface area contributed by atoms with Crippen LogP contribution in [0, 0.1) is 0 Å². The summed E-state index contributed by atoms with van der Waals surface area (Å²) in [5, 5.41) is 0. The average molecular weight is 437 g/mol. The first-order valence-corrected chi connectivity index (χ1v) is 9.19. The van der Waals surface area contributed by atoms with Gasteiger partial charge in [-0.1, -0.05) is 32.9 Å². The third kappa shape index (κ3) is 4.12. The Hall–Kier alpha value is -2.30. The summed E-state index contributed by atoms with van der Waals surface area (Å²) in [5.74, 6) is -0.790. The summed E-state index contributed by atoms with van der Waals surface area (Å²) in [6.07, 6.45) is -11.6. The van der Waals surface area contributed by atoms with Crippen LogP contribution < -0.4 is 0 Å². The highest BCUT2D eigenvalue weighted by atomic mass is 19.4. The van der Waals surface area contributed by atoms with Crippen LogP contribution in [0.5, 0.6) is 0 Å². The fourth-order valence-electron chi connectivity index (χ4n) is 2.98. The molecule has 0 aliphatic carbocycles. The number of aliphatic imine (C=N–C) groups is 2. The van der Waals surface area contributed by atoms with Crippen LogP contribution in [0.25, 0.3) is 0 Å². The van der Waals surface area contributed by atoms with E-state index in [-0.39, 0.29) is 37.3 Å². The maximum absolute atomic E-state index is 13.7. The molecule has 0 unspecified atom stereocenters. The van der Waals surface area contributed by atoms with Gasteiger partial charge in [0.1, 0.15) is 0 Å². The molecule has 1 aromatic rings. The number of benzene rings is 1. The molecule has 0 atom stereocenters. The molecule has 0 bridgehead atoms. The Balaban J connectivity index is 2.11. The topological polar surface area (TPSA) is 46.4 Å². The standard InChI is InChI=1S/C19H21F6N3O2/c1-16(2,3)13-6-4-12(5-7-13)14-26-17(18(20,21)22,19(23,24)25)27-15(30-14)28-8-10-29-11-9-28/h4-7H,8-11H2,1-3H3. The van der Waals surface area contributed by atoms with Gasteiger partial charge in [-0.25, -0.2) is 4.99 Å². The molecular weight excluding hydrogens is 416 g/mol. The maximum atomic E-state index is 13.7. The molecule has 1 aromatic carbocycles. The second-order valence-electron chi connectivity index (χ2n) is 8.01. The van der Waals surface area contributed by atoms with Crippen molar-refractivity contribution in [3.63, 3.8) is 0 Å². The number of rotatable bonds is 1. The van der Waals surface area contributed by atoms with E-state index in [1.807, 2.05) is 20.8 Å². The van der Waals surface area contributed by atoms with Crippen LogP contribution in [0.15, 0.2) is 34.3 Å². The fourth-order valence-corrected chi connectivity index (χ4v) is 2.98. The van der Waals surface area contributed by atoms with Gasteiger partial charge in [0.05, 0.1) is 13.2 Å². The summed E-state index contributed by atoms with van der Waals surface area (Å²) in [6.45, 7) is 6.12. The van der Waals surface area contributed by atoms with Crippen molar-refractivity contribution < 1.29 is 35.8 Å². The molecular formula is C19H21F6N3O2. The highest BCUT2D eigenvalue weighted by molar-refractivity contribution is 6.03. The van der Waals surface area contributed by atoms with Gasteiger partial charge in [-0.05, 0) is 23.1 Å². The molecule has 2 heterocycles. The van der Waals surface area contributed by atoms with E-state index >= 15 is 0 Å². The molecule has 0 aromatic heterocycles. The molecule has 0 spiro atoms. The van der Waals surface area contributed by atoms with Gasteiger partial charge < -0.3 is 14.4 Å². The van der Waals surface area contributed by atoms with E-state index in [1.54, 1.807) is 12.1 Å². The number of ether oxygens (including phenoxy) is 2. The van der Waals surface area contributed by atoms with Gasteiger partial charge >= 0.3 is 18.0 Å². The highest BCUT2D eigenvalue weighted by Gasteiger charge is 2.74. The van der Waals surface area contributed by atoms with Crippen molar-refractivity contribution in [3.05, 3.63) is 35.4 Å². The van der Waals surface area contributed by atoms with Crippen molar-refractivity contribution in [2.75, 3.05) is 26.3 Å². The van der Waals surface area contributed by atoms with E-state index < -0.39 is 29.9 Å². The second kappa shape index (κ2) is 7.44. The smallest absolute Gasteiger partial charge is 0.406 e. The molecule has 30 heavy (non-hydrogen) atoms. The Bertz CT molecular complexity index is 818. The van der Waals surface area contributed by atoms with Gasteiger partial charge in [-0.3, -0.25) is 0 Å². The molecule has 0 saturated carbocycles. The minimum atomic E-state index is -5.82. The third-order valence-corrected chi connectivity index (χ3v) is 4.78. The predicted molar refractivity (Wildman–Crippen MR) is 97.4 cm³/mol. The van der Waals surface area contributed by atoms with E-state index in [0.29, 0.717) is 0 Å². The predicted octanol–water partition coefficient (Wildman–Crippen LogP) is 4.27. The molecule has 3 rings (SSSR count). The van der Waals surface area contributed by atoms with Gasteiger partial charge in [-0.15, -0.1) is 0 Å². The van der Waals surface area contributed by atoms with Crippen LogP contribution in [0.3, 0.4) is 0 Å². The quantitative estimate of drug-likeness (QED) is 0.617. The van der Waals surface area contributed by atoms with Crippen LogP contribution in [0.1, 0.15) is 31.9 Å². The molecule has 166 valence electrons. The molecule has 2 aliphatic heterocycles. The largest absolute Gasteiger partial charge is 0.443 e. The van der Waals surface area contributed by atoms with Gasteiger partial charge in [0.2, 0.25) is 5.90 Å². The van der Waals surface area contributed by atoms with Gasteiger partial charge in [0.25, 0.3) is 6.02 Å². The zero-order valence-corrected chi connectivity index (χ0v) is 16.6. The van der Waals surface area contributed by atoms with Crippen LogP contribution in [0.2, 0.25) is 0 Å². The molecule has 0 N–H and O–H groups in total. The van der Waals surface area contributed by atoms with E-state index in [4.69, 9.17) is 9.47 Å². The summed E-state index contributed by atoms with van der Waals surface area (Å²) in [6, 6.07) is 5.23. The number of morpholine rings is 1. The first-order chi connectivity index (χ1) is 13.7.